The Hall–Kier alpha value is -9.34. The molecule has 456 valence electrons. The van der Waals surface area contributed by atoms with Gasteiger partial charge in [0.25, 0.3) is 0 Å². The summed E-state index contributed by atoms with van der Waals surface area (Å²) in [4.78, 5) is 14.2. The van der Waals surface area contributed by atoms with Crippen molar-refractivity contribution < 1.29 is 33.4 Å². The molecule has 6 aromatic heterocycles. The summed E-state index contributed by atoms with van der Waals surface area (Å²) in [6, 6.07) is 63.1. The molecular formula is C81H78IrN6O3+3. The first-order chi connectivity index (χ1) is 43.7. The zero-order valence-electron chi connectivity index (χ0n) is 54.0. The van der Waals surface area contributed by atoms with Crippen molar-refractivity contribution in [3.05, 3.63) is 253 Å². The van der Waals surface area contributed by atoms with E-state index in [9.17, 15) is 0 Å². The van der Waals surface area contributed by atoms with Crippen LogP contribution in [0, 0.1) is 0 Å². The molecule has 9 aromatic carbocycles. The first-order valence-electron chi connectivity index (χ1n) is 31.9. The number of rotatable bonds is 12. The Kier molecular flexibility index (Phi) is 17.6. The number of hydrogen-bond donors (Lipinski definition) is 0. The third-order valence-electron chi connectivity index (χ3n) is 17.5. The average Bonchev–Trinajstić information content (AvgIpc) is 1.66. The van der Waals surface area contributed by atoms with E-state index in [4.69, 9.17) is 28.2 Å². The van der Waals surface area contributed by atoms with Crippen LogP contribution in [-0.4, -0.2) is 28.7 Å². The van der Waals surface area contributed by atoms with E-state index in [0.29, 0.717) is 35.5 Å². The van der Waals surface area contributed by atoms with Crippen molar-refractivity contribution in [3.63, 3.8) is 0 Å². The maximum absolute atomic E-state index is 6.43. The molecule has 0 fully saturated rings. The summed E-state index contributed by atoms with van der Waals surface area (Å²) in [7, 11) is 0. The van der Waals surface area contributed by atoms with Crippen molar-refractivity contribution in [1.29, 1.82) is 0 Å². The van der Waals surface area contributed by atoms with Gasteiger partial charge in [0.2, 0.25) is 0 Å². The molecule has 0 spiro atoms. The van der Waals surface area contributed by atoms with E-state index in [1.165, 1.54) is 82.8 Å². The number of hydrogen-bond acceptors (Lipinski definition) is 6. The molecule has 91 heavy (non-hydrogen) atoms. The minimum absolute atomic E-state index is 0. The summed E-state index contributed by atoms with van der Waals surface area (Å²) in [6.45, 7) is 27.0. The summed E-state index contributed by atoms with van der Waals surface area (Å²) in [5, 5.41) is 7.12. The predicted molar refractivity (Wildman–Crippen MR) is 373 cm³/mol. The second-order valence-corrected chi connectivity index (χ2v) is 25.5. The largest absolute Gasteiger partial charge is 3.00 e. The molecule has 0 aliphatic rings. The van der Waals surface area contributed by atoms with Crippen LogP contribution >= 0.6 is 0 Å². The van der Waals surface area contributed by atoms with Crippen molar-refractivity contribution >= 4 is 65.8 Å². The van der Waals surface area contributed by atoms with Gasteiger partial charge in [0.05, 0.1) is 17.1 Å². The molecule has 9 nitrogen and oxygen atoms in total. The normalized spacial score (nSPS) is 11.8. The van der Waals surface area contributed by atoms with Gasteiger partial charge in [-0.1, -0.05) is 229 Å². The van der Waals surface area contributed by atoms with Crippen molar-refractivity contribution in [3.8, 4) is 51.2 Å². The van der Waals surface area contributed by atoms with E-state index >= 15 is 0 Å². The summed E-state index contributed by atoms with van der Waals surface area (Å²) >= 11 is 0. The Morgan fingerprint density at radius 2 is 0.527 bits per heavy atom. The topological polar surface area (TPSA) is 92.9 Å². The van der Waals surface area contributed by atoms with Crippen molar-refractivity contribution in [2.45, 2.75) is 119 Å². The third-order valence-corrected chi connectivity index (χ3v) is 17.5. The monoisotopic (exact) mass is 1380 g/mol. The Bertz CT molecular complexity index is 4530. The minimum atomic E-state index is 0. The van der Waals surface area contributed by atoms with Crippen LogP contribution in [0.4, 0.5) is 0 Å². The van der Waals surface area contributed by atoms with Gasteiger partial charge < -0.3 is 13.3 Å². The van der Waals surface area contributed by atoms with E-state index in [1.807, 2.05) is 55.0 Å². The van der Waals surface area contributed by atoms with Gasteiger partial charge in [-0.05, 0) is 88.6 Å². The number of benzene rings is 9. The second kappa shape index (κ2) is 25.9. The zero-order valence-corrected chi connectivity index (χ0v) is 56.4. The number of para-hydroxylation sites is 3. The minimum Gasteiger partial charge on any atom is -0.456 e. The van der Waals surface area contributed by atoms with Crippen LogP contribution in [0.2, 0.25) is 0 Å². The molecule has 0 amide bonds. The third kappa shape index (κ3) is 11.4. The average molecular weight is 1380 g/mol. The SMILES string of the molecule is CC(C)c1cc2c(oc3ccccc32)c(C(C)C)c1-n1ccnc1-c1ccccc1.CC(C)c1cc2c(oc3ccccc32)c(C(C)C)c1-n1ccnc1-c1ccccc1.CC(C)c1cc2c(oc3ccccc32)c(C(C)C)c1-n1ccnc1-c1ccccc1.[Ir+3]. The van der Waals surface area contributed by atoms with Crippen LogP contribution in [0.5, 0.6) is 0 Å². The van der Waals surface area contributed by atoms with E-state index in [0.717, 1.165) is 67.7 Å². The Morgan fingerprint density at radius 3 is 0.769 bits per heavy atom. The number of nitrogens with zero attached hydrogens (tertiary/aromatic N) is 6. The Labute approximate surface area is 546 Å². The quantitative estimate of drug-likeness (QED) is 0.121. The molecule has 0 atom stereocenters. The molecule has 15 rings (SSSR count). The zero-order chi connectivity index (χ0) is 62.5. The van der Waals surface area contributed by atoms with Crippen LogP contribution in [-0.2, 0) is 20.1 Å². The van der Waals surface area contributed by atoms with Crippen LogP contribution in [0.25, 0.3) is 117 Å². The van der Waals surface area contributed by atoms with Crippen molar-refractivity contribution in [2.24, 2.45) is 0 Å². The van der Waals surface area contributed by atoms with Gasteiger partial charge in [0, 0.05) is 103 Å². The molecule has 0 radical (unpaired) electrons. The van der Waals surface area contributed by atoms with Gasteiger partial charge in [-0.3, -0.25) is 13.7 Å². The maximum Gasteiger partial charge on any atom is 3.00 e. The number of furan rings is 3. The van der Waals surface area contributed by atoms with E-state index in [-0.39, 0.29) is 20.1 Å². The summed E-state index contributed by atoms with van der Waals surface area (Å²) in [5.74, 6) is 4.85. The summed E-state index contributed by atoms with van der Waals surface area (Å²) in [6.07, 6.45) is 11.9. The smallest absolute Gasteiger partial charge is 0.456 e. The summed E-state index contributed by atoms with van der Waals surface area (Å²) in [5.41, 5.74) is 20.3. The molecule has 10 heteroatoms. The standard InChI is InChI=1S/3C27H26N2O.Ir/c3*1-17(2)21-16-22-20-12-8-9-13-23(20)30-26(22)24(18(3)4)25(21)29-15-14-28-27(29)19-10-6-5-7-11-19;/h3*5-18H,1-4H3;/q;;;+3. The molecule has 0 aliphatic carbocycles. The van der Waals surface area contributed by atoms with Gasteiger partial charge in [-0.25, -0.2) is 15.0 Å². The predicted octanol–water partition coefficient (Wildman–Crippen LogP) is 23.1. The number of aromatic nitrogens is 6. The molecule has 0 aliphatic heterocycles. The Balaban J connectivity index is 0.000000131. The van der Waals surface area contributed by atoms with Crippen molar-refractivity contribution in [1.82, 2.24) is 28.7 Å². The molecule has 0 saturated heterocycles. The number of imidazole rings is 3. The van der Waals surface area contributed by atoms with Crippen LogP contribution in [0.3, 0.4) is 0 Å². The Morgan fingerprint density at radius 1 is 0.286 bits per heavy atom. The van der Waals surface area contributed by atoms with E-state index in [2.05, 4.69) is 261 Å². The second-order valence-electron chi connectivity index (χ2n) is 25.5. The van der Waals surface area contributed by atoms with Gasteiger partial charge in [0.1, 0.15) is 51.0 Å². The van der Waals surface area contributed by atoms with Crippen LogP contribution in [0.15, 0.2) is 232 Å². The molecular weight excluding hydrogens is 1300 g/mol. The fourth-order valence-electron chi connectivity index (χ4n) is 13.3. The molecule has 0 unspecified atom stereocenters. The molecule has 0 N–H and O–H groups in total. The van der Waals surface area contributed by atoms with Gasteiger partial charge >= 0.3 is 20.1 Å². The fraction of sp³-hybridized carbons (Fsp3) is 0.222. The number of fused-ring (bicyclic) bond motifs is 9. The van der Waals surface area contributed by atoms with Crippen LogP contribution < -0.4 is 0 Å². The van der Waals surface area contributed by atoms with E-state index < -0.39 is 0 Å². The van der Waals surface area contributed by atoms with Gasteiger partial charge in [-0.15, -0.1) is 0 Å². The van der Waals surface area contributed by atoms with E-state index in [1.54, 1.807) is 0 Å². The van der Waals surface area contributed by atoms with Gasteiger partial charge in [-0.2, -0.15) is 0 Å². The first kappa shape index (κ1) is 61.9. The maximum atomic E-state index is 6.43. The first-order valence-corrected chi connectivity index (χ1v) is 31.9. The van der Waals surface area contributed by atoms with Crippen LogP contribution in [0.1, 0.15) is 152 Å². The van der Waals surface area contributed by atoms with Gasteiger partial charge in [0.15, 0.2) is 0 Å². The molecule has 6 heterocycles. The van der Waals surface area contributed by atoms with Crippen molar-refractivity contribution in [2.75, 3.05) is 0 Å². The fourth-order valence-corrected chi connectivity index (χ4v) is 13.3. The molecule has 0 bridgehead atoms. The molecule has 0 saturated carbocycles. The summed E-state index contributed by atoms with van der Waals surface area (Å²) < 4.78 is 26.0. The molecule has 15 aromatic rings.